The summed E-state index contributed by atoms with van der Waals surface area (Å²) in [6, 6.07) is 2.92. The molecule has 3 amide bonds. The largest absolute Gasteiger partial charge is 0.369 e. The molecule has 0 aliphatic heterocycles. The van der Waals surface area contributed by atoms with Crippen molar-refractivity contribution in [1.29, 1.82) is 0 Å². The quantitative estimate of drug-likeness (QED) is 0.436. The molecule has 1 fully saturated rings. The molecule has 0 spiro atoms. The summed E-state index contributed by atoms with van der Waals surface area (Å²) in [5, 5.41) is 16.1. The van der Waals surface area contributed by atoms with Crippen LogP contribution in [0.5, 0.6) is 0 Å². The Balaban J connectivity index is 2.04. The monoisotopic (exact) mass is 354 g/mol. The first-order valence-corrected chi connectivity index (χ1v) is 8.07. The van der Waals surface area contributed by atoms with Crippen LogP contribution in [0.15, 0.2) is 18.2 Å². The first kappa shape index (κ1) is 18.0. The molecule has 1 saturated carbocycles. The van der Waals surface area contributed by atoms with E-state index < -0.39 is 22.8 Å². The van der Waals surface area contributed by atoms with Gasteiger partial charge in [0, 0.05) is 18.2 Å². The molecule has 2 rings (SSSR count). The smallest absolute Gasteiger partial charge is 0.319 e. The third-order valence-corrected chi connectivity index (χ3v) is 4.42. The summed E-state index contributed by atoms with van der Waals surface area (Å²) in [6.45, 7) is 0. The molecule has 0 saturated heterocycles. The number of carbonyl (C=O) groups is 2. The zero-order valence-electron chi connectivity index (χ0n) is 13.0. The van der Waals surface area contributed by atoms with E-state index in [0.717, 1.165) is 25.3 Å². The maximum Gasteiger partial charge on any atom is 0.319 e. The number of anilines is 1. The van der Waals surface area contributed by atoms with Crippen LogP contribution in [0.25, 0.3) is 0 Å². The van der Waals surface area contributed by atoms with Crippen LogP contribution in [-0.4, -0.2) is 22.9 Å². The summed E-state index contributed by atoms with van der Waals surface area (Å²) in [5.41, 5.74) is 5.52. The van der Waals surface area contributed by atoms with Crippen molar-refractivity contribution in [2.75, 3.05) is 5.32 Å². The van der Waals surface area contributed by atoms with Crippen molar-refractivity contribution >= 4 is 34.9 Å². The summed E-state index contributed by atoms with van der Waals surface area (Å²) < 4.78 is 0. The number of hydrogen-bond acceptors (Lipinski definition) is 4. The number of amides is 3. The highest BCUT2D eigenvalue weighted by Crippen LogP contribution is 2.27. The number of hydrogen-bond donors (Lipinski definition) is 3. The van der Waals surface area contributed by atoms with Gasteiger partial charge in [0.1, 0.15) is 0 Å². The second-order valence-corrected chi connectivity index (χ2v) is 6.18. The number of nitro benzene ring substituents is 1. The van der Waals surface area contributed by atoms with Crippen molar-refractivity contribution in [2.45, 2.75) is 38.1 Å². The first-order valence-electron chi connectivity index (χ1n) is 7.69. The van der Waals surface area contributed by atoms with Crippen LogP contribution in [0.3, 0.4) is 0 Å². The van der Waals surface area contributed by atoms with E-state index in [1.807, 2.05) is 0 Å². The Labute approximate surface area is 143 Å². The van der Waals surface area contributed by atoms with Gasteiger partial charge in [-0.1, -0.05) is 30.9 Å². The molecule has 130 valence electrons. The molecule has 9 heteroatoms. The number of non-ortho nitro benzene ring substituents is 1. The normalized spacial score (nSPS) is 20.7. The average Bonchev–Trinajstić information content (AvgIpc) is 2.74. The van der Waals surface area contributed by atoms with Crippen LogP contribution >= 0.6 is 11.6 Å². The van der Waals surface area contributed by atoms with E-state index in [-0.39, 0.29) is 22.4 Å². The Morgan fingerprint density at radius 1 is 1.25 bits per heavy atom. The number of nitrogens with one attached hydrogen (secondary N) is 2. The second-order valence-electron chi connectivity index (χ2n) is 5.77. The van der Waals surface area contributed by atoms with Gasteiger partial charge in [0.25, 0.3) is 5.69 Å². The summed E-state index contributed by atoms with van der Waals surface area (Å²) in [7, 11) is 0. The number of rotatable bonds is 4. The molecule has 1 aliphatic carbocycles. The summed E-state index contributed by atoms with van der Waals surface area (Å²) >= 11 is 5.94. The summed E-state index contributed by atoms with van der Waals surface area (Å²) in [4.78, 5) is 33.9. The van der Waals surface area contributed by atoms with Gasteiger partial charge in [-0.2, -0.15) is 0 Å². The number of primary amides is 1. The van der Waals surface area contributed by atoms with Crippen molar-refractivity contribution in [3.63, 3.8) is 0 Å². The molecule has 1 aromatic rings. The van der Waals surface area contributed by atoms with Crippen molar-refractivity contribution in [2.24, 2.45) is 11.7 Å². The minimum absolute atomic E-state index is 0.0617. The molecule has 0 bridgehead atoms. The number of nitro groups is 1. The van der Waals surface area contributed by atoms with Crippen molar-refractivity contribution in [1.82, 2.24) is 5.32 Å². The Bertz CT molecular complexity index is 652. The first-order chi connectivity index (χ1) is 11.4. The van der Waals surface area contributed by atoms with Crippen LogP contribution in [0, 0.1) is 16.0 Å². The lowest BCUT2D eigenvalue weighted by Crippen LogP contribution is -2.46. The standard InChI is InChI=1S/C15H19ClN4O4/c16-11-8-9(20(23)24)6-7-13(11)19-15(22)18-12-5-3-1-2-4-10(12)14(17)21/h6-8,10,12H,1-5H2,(H2,17,21)(H2,18,19,22)/t10-,12-/m1/s1. The Morgan fingerprint density at radius 2 is 1.96 bits per heavy atom. The Hall–Kier alpha value is -2.35. The average molecular weight is 355 g/mol. The molecule has 8 nitrogen and oxygen atoms in total. The fourth-order valence-corrected chi connectivity index (χ4v) is 3.09. The number of benzene rings is 1. The fourth-order valence-electron chi connectivity index (χ4n) is 2.87. The van der Waals surface area contributed by atoms with Crippen LogP contribution in [0.4, 0.5) is 16.2 Å². The van der Waals surface area contributed by atoms with Gasteiger partial charge in [0.05, 0.1) is 21.6 Å². The van der Waals surface area contributed by atoms with E-state index in [2.05, 4.69) is 10.6 Å². The number of urea groups is 1. The molecule has 0 unspecified atom stereocenters. The van der Waals surface area contributed by atoms with E-state index in [1.165, 1.54) is 12.1 Å². The predicted molar refractivity (Wildman–Crippen MR) is 89.8 cm³/mol. The molecule has 0 heterocycles. The molecule has 1 aliphatic rings. The zero-order valence-corrected chi connectivity index (χ0v) is 13.7. The fraction of sp³-hybridized carbons (Fsp3) is 0.467. The second kappa shape index (κ2) is 7.96. The zero-order chi connectivity index (χ0) is 17.7. The SMILES string of the molecule is NC(=O)[C@@H]1CCCCC[C@H]1NC(=O)Nc1ccc([N+](=O)[O-])cc1Cl. The van der Waals surface area contributed by atoms with Gasteiger partial charge in [-0.25, -0.2) is 4.79 Å². The molecule has 4 N–H and O–H groups in total. The van der Waals surface area contributed by atoms with Crippen LogP contribution < -0.4 is 16.4 Å². The number of halogens is 1. The van der Waals surface area contributed by atoms with E-state index >= 15 is 0 Å². The molecule has 2 atom stereocenters. The van der Waals surface area contributed by atoms with Gasteiger partial charge in [-0.15, -0.1) is 0 Å². The molecule has 0 aromatic heterocycles. The highest BCUT2D eigenvalue weighted by Gasteiger charge is 2.29. The molecule has 24 heavy (non-hydrogen) atoms. The predicted octanol–water partition coefficient (Wildman–Crippen LogP) is 2.80. The van der Waals surface area contributed by atoms with E-state index in [4.69, 9.17) is 17.3 Å². The van der Waals surface area contributed by atoms with Gasteiger partial charge in [0.15, 0.2) is 0 Å². The van der Waals surface area contributed by atoms with Gasteiger partial charge >= 0.3 is 6.03 Å². The molecular formula is C15H19ClN4O4. The van der Waals surface area contributed by atoms with E-state index in [0.29, 0.717) is 12.8 Å². The van der Waals surface area contributed by atoms with Gasteiger partial charge in [-0.05, 0) is 18.9 Å². The number of nitrogens with two attached hydrogens (primary N) is 1. The minimum Gasteiger partial charge on any atom is -0.369 e. The van der Waals surface area contributed by atoms with Crippen molar-refractivity contribution in [3.05, 3.63) is 33.3 Å². The van der Waals surface area contributed by atoms with Crippen molar-refractivity contribution in [3.8, 4) is 0 Å². The minimum atomic E-state index is -0.571. The highest BCUT2D eigenvalue weighted by atomic mass is 35.5. The van der Waals surface area contributed by atoms with E-state index in [9.17, 15) is 19.7 Å². The van der Waals surface area contributed by atoms with Crippen LogP contribution in [-0.2, 0) is 4.79 Å². The third-order valence-electron chi connectivity index (χ3n) is 4.11. The van der Waals surface area contributed by atoms with Gasteiger partial charge < -0.3 is 16.4 Å². The topological polar surface area (TPSA) is 127 Å². The Kier molecular flexibility index (Phi) is 5.97. The van der Waals surface area contributed by atoms with E-state index in [1.54, 1.807) is 0 Å². The maximum absolute atomic E-state index is 12.2. The van der Waals surface area contributed by atoms with Gasteiger partial charge in [0.2, 0.25) is 5.91 Å². The lowest BCUT2D eigenvalue weighted by Gasteiger charge is -2.23. The lowest BCUT2D eigenvalue weighted by molar-refractivity contribution is -0.384. The maximum atomic E-state index is 12.2. The van der Waals surface area contributed by atoms with Gasteiger partial charge in [-0.3, -0.25) is 14.9 Å². The number of carbonyl (C=O) groups excluding carboxylic acids is 2. The highest BCUT2D eigenvalue weighted by molar-refractivity contribution is 6.33. The molecular weight excluding hydrogens is 336 g/mol. The lowest BCUT2D eigenvalue weighted by atomic mass is 9.94. The van der Waals surface area contributed by atoms with Crippen LogP contribution in [0.1, 0.15) is 32.1 Å². The third kappa shape index (κ3) is 4.58. The Morgan fingerprint density at radius 3 is 2.58 bits per heavy atom. The van der Waals surface area contributed by atoms with Crippen molar-refractivity contribution < 1.29 is 14.5 Å². The number of nitrogens with zero attached hydrogens (tertiary/aromatic N) is 1. The molecule has 0 radical (unpaired) electrons. The molecule has 1 aromatic carbocycles. The summed E-state index contributed by atoms with van der Waals surface area (Å²) in [5.74, 6) is -0.818. The van der Waals surface area contributed by atoms with Crippen LogP contribution in [0.2, 0.25) is 5.02 Å². The summed E-state index contributed by atoms with van der Waals surface area (Å²) in [6.07, 6.45) is 4.14.